The van der Waals surface area contributed by atoms with E-state index in [4.69, 9.17) is 11.6 Å². The van der Waals surface area contributed by atoms with Crippen molar-refractivity contribution in [3.8, 4) is 10.8 Å². The first-order valence-electron chi connectivity index (χ1n) is 10.2. The lowest BCUT2D eigenvalue weighted by molar-refractivity contribution is -0.141. The Morgan fingerprint density at radius 1 is 1.22 bits per heavy atom. The Balaban J connectivity index is 1.26. The zero-order chi connectivity index (χ0) is 22.4. The molecule has 2 saturated heterocycles. The van der Waals surface area contributed by atoms with Crippen molar-refractivity contribution in [3.05, 3.63) is 29.0 Å². The first-order valence-corrected chi connectivity index (χ1v) is 11.4. The lowest BCUT2D eigenvalue weighted by Crippen LogP contribution is -2.28. The number of nitrogens with zero attached hydrogens (tertiary/aromatic N) is 8. The van der Waals surface area contributed by atoms with Crippen LogP contribution in [0.1, 0.15) is 19.4 Å². The molecule has 4 heterocycles. The molecule has 13 heteroatoms. The zero-order valence-corrected chi connectivity index (χ0v) is 18.7. The maximum Gasteiger partial charge on any atom is 0.330 e. The van der Waals surface area contributed by atoms with Gasteiger partial charge in [0.2, 0.25) is 11.0 Å². The summed E-state index contributed by atoms with van der Waals surface area (Å²) >= 11 is 7.64. The number of hydrogen-bond acceptors (Lipinski definition) is 9. The molecule has 3 unspecified atom stereocenters. The molecular weight excluding hydrogens is 459 g/mol. The first kappa shape index (κ1) is 21.0. The van der Waals surface area contributed by atoms with Crippen LogP contribution in [-0.2, 0) is 4.79 Å². The van der Waals surface area contributed by atoms with E-state index in [1.807, 2.05) is 0 Å². The molecule has 3 atom stereocenters. The van der Waals surface area contributed by atoms with E-state index in [2.05, 4.69) is 35.4 Å². The van der Waals surface area contributed by atoms with Crippen LogP contribution in [0, 0.1) is 17.7 Å². The molecule has 2 fully saturated rings. The Hall–Kier alpha value is -2.86. The zero-order valence-electron chi connectivity index (χ0n) is 17.1. The van der Waals surface area contributed by atoms with Gasteiger partial charge in [0.25, 0.3) is 0 Å². The number of benzene rings is 1. The number of carboxylic acids is 1. The van der Waals surface area contributed by atoms with Crippen molar-refractivity contribution in [1.29, 1.82) is 0 Å². The third-order valence-electron chi connectivity index (χ3n) is 5.99. The predicted octanol–water partition coefficient (Wildman–Crippen LogP) is 2.59. The van der Waals surface area contributed by atoms with Crippen LogP contribution in [0.5, 0.6) is 0 Å². The van der Waals surface area contributed by atoms with E-state index >= 15 is 0 Å². The van der Waals surface area contributed by atoms with Gasteiger partial charge in [-0.25, -0.2) is 9.18 Å². The minimum Gasteiger partial charge on any atom is -0.480 e. The SMILES string of the molecule is CCC(C(=O)O)n1nnc(-c2nnc(N3CC4CN(c5cc(F)ccc5Cl)CC4C3)s2)n1. The van der Waals surface area contributed by atoms with Gasteiger partial charge in [0.05, 0.1) is 10.7 Å². The molecule has 1 aromatic carbocycles. The highest BCUT2D eigenvalue weighted by atomic mass is 35.5. The number of aliphatic carboxylic acids is 1. The minimum atomic E-state index is -1.01. The van der Waals surface area contributed by atoms with Crippen molar-refractivity contribution in [3.63, 3.8) is 0 Å². The summed E-state index contributed by atoms with van der Waals surface area (Å²) in [4.78, 5) is 16.8. The van der Waals surface area contributed by atoms with E-state index in [0.29, 0.717) is 28.3 Å². The van der Waals surface area contributed by atoms with Gasteiger partial charge < -0.3 is 14.9 Å². The van der Waals surface area contributed by atoms with E-state index in [1.165, 1.54) is 23.5 Å². The van der Waals surface area contributed by atoms with Gasteiger partial charge in [-0.15, -0.1) is 25.2 Å². The van der Waals surface area contributed by atoms with Gasteiger partial charge in [-0.3, -0.25) is 0 Å². The van der Waals surface area contributed by atoms with E-state index in [-0.39, 0.29) is 11.6 Å². The van der Waals surface area contributed by atoms with Crippen LogP contribution in [0.15, 0.2) is 18.2 Å². The van der Waals surface area contributed by atoms with Crippen LogP contribution in [-0.4, -0.2) is 67.7 Å². The van der Waals surface area contributed by atoms with E-state index < -0.39 is 12.0 Å². The molecule has 32 heavy (non-hydrogen) atoms. The molecule has 10 nitrogen and oxygen atoms in total. The topological polar surface area (TPSA) is 113 Å². The number of aromatic nitrogens is 6. The van der Waals surface area contributed by atoms with Crippen LogP contribution in [0.4, 0.5) is 15.2 Å². The number of tetrazole rings is 1. The lowest BCUT2D eigenvalue weighted by atomic mass is 10.0. The fourth-order valence-electron chi connectivity index (χ4n) is 4.39. The predicted molar refractivity (Wildman–Crippen MR) is 116 cm³/mol. The Labute approximate surface area is 191 Å². The van der Waals surface area contributed by atoms with Crippen molar-refractivity contribution in [2.45, 2.75) is 19.4 Å². The summed E-state index contributed by atoms with van der Waals surface area (Å²) in [5, 5.41) is 31.6. The van der Waals surface area contributed by atoms with Crippen LogP contribution in [0.3, 0.4) is 0 Å². The highest BCUT2D eigenvalue weighted by Gasteiger charge is 2.41. The number of rotatable bonds is 6. The summed E-state index contributed by atoms with van der Waals surface area (Å²) in [5.41, 5.74) is 0.742. The Morgan fingerprint density at radius 2 is 1.94 bits per heavy atom. The minimum absolute atomic E-state index is 0.264. The summed E-state index contributed by atoms with van der Waals surface area (Å²) in [5.74, 6) is -0.196. The van der Waals surface area contributed by atoms with Gasteiger partial charge in [0.15, 0.2) is 11.0 Å². The number of carbonyl (C=O) groups is 1. The van der Waals surface area contributed by atoms with Crippen molar-refractivity contribution in [2.75, 3.05) is 36.0 Å². The summed E-state index contributed by atoms with van der Waals surface area (Å²) in [6.07, 6.45) is 0.348. The average Bonchev–Trinajstić information content (AvgIpc) is 3.52. The van der Waals surface area contributed by atoms with E-state index in [1.54, 1.807) is 13.0 Å². The Kier molecular flexibility index (Phi) is 5.41. The molecule has 1 N–H and O–H groups in total. The van der Waals surface area contributed by atoms with Crippen LogP contribution in [0.2, 0.25) is 5.02 Å². The van der Waals surface area contributed by atoms with Crippen LogP contribution in [0.25, 0.3) is 10.8 Å². The molecule has 0 bridgehead atoms. The van der Waals surface area contributed by atoms with Gasteiger partial charge in [0.1, 0.15) is 5.82 Å². The van der Waals surface area contributed by atoms with E-state index in [9.17, 15) is 14.3 Å². The summed E-state index contributed by atoms with van der Waals surface area (Å²) in [6.45, 7) is 5.00. The molecule has 5 rings (SSSR count). The van der Waals surface area contributed by atoms with Crippen molar-refractivity contribution in [2.24, 2.45) is 11.8 Å². The number of carboxylic acid groups (broad SMARTS) is 1. The maximum atomic E-state index is 13.7. The fraction of sp³-hybridized carbons (Fsp3) is 0.474. The maximum absolute atomic E-state index is 13.7. The molecule has 168 valence electrons. The second-order valence-corrected chi connectivity index (χ2v) is 9.37. The van der Waals surface area contributed by atoms with Gasteiger partial charge in [-0.05, 0) is 29.8 Å². The molecule has 2 aliphatic heterocycles. The third kappa shape index (κ3) is 3.77. The molecule has 2 aromatic heterocycles. The Morgan fingerprint density at radius 3 is 2.62 bits per heavy atom. The first-order chi connectivity index (χ1) is 15.4. The molecule has 2 aliphatic rings. The number of fused-ring (bicyclic) bond motifs is 1. The summed E-state index contributed by atoms with van der Waals surface area (Å²) in [7, 11) is 0. The largest absolute Gasteiger partial charge is 0.480 e. The summed E-state index contributed by atoms with van der Waals surface area (Å²) in [6, 6.07) is 3.59. The average molecular weight is 479 g/mol. The number of halogens is 2. The van der Waals surface area contributed by atoms with Gasteiger partial charge in [-0.1, -0.05) is 29.9 Å². The van der Waals surface area contributed by atoms with Crippen LogP contribution < -0.4 is 9.80 Å². The smallest absolute Gasteiger partial charge is 0.330 e. The van der Waals surface area contributed by atoms with Crippen molar-refractivity contribution in [1.82, 2.24) is 30.4 Å². The standard InChI is InChI=1S/C19H20ClFN8O2S/c1-2-14(18(30)31)29-25-16(22-26-29)17-23-24-19(32-17)28-8-10-6-27(7-11(10)9-28)15-5-12(21)3-4-13(15)20/h3-5,10-11,14H,2,6-9H2,1H3,(H,30,31). The molecule has 0 amide bonds. The molecule has 0 radical (unpaired) electrons. The highest BCUT2D eigenvalue weighted by Crippen LogP contribution is 2.39. The van der Waals surface area contributed by atoms with Crippen molar-refractivity contribution >= 4 is 39.7 Å². The number of anilines is 2. The van der Waals surface area contributed by atoms with Gasteiger partial charge in [0, 0.05) is 38.0 Å². The summed E-state index contributed by atoms with van der Waals surface area (Å²) < 4.78 is 13.7. The molecule has 0 aliphatic carbocycles. The highest BCUT2D eigenvalue weighted by molar-refractivity contribution is 7.18. The monoisotopic (exact) mass is 478 g/mol. The van der Waals surface area contributed by atoms with Gasteiger partial charge in [-0.2, -0.15) is 0 Å². The second-order valence-electron chi connectivity index (χ2n) is 8.01. The molecular formula is C19H20ClFN8O2S. The quantitative estimate of drug-likeness (QED) is 0.571. The second kappa shape index (κ2) is 8.24. The Bertz CT molecular complexity index is 1140. The lowest BCUT2D eigenvalue weighted by Gasteiger charge is -2.23. The molecule has 0 spiro atoms. The van der Waals surface area contributed by atoms with Crippen LogP contribution >= 0.6 is 22.9 Å². The molecule has 3 aromatic rings. The fourth-order valence-corrected chi connectivity index (χ4v) is 5.41. The van der Waals surface area contributed by atoms with E-state index in [0.717, 1.165) is 41.8 Å². The molecule has 0 saturated carbocycles. The normalized spacial score (nSPS) is 21.2. The van der Waals surface area contributed by atoms with Gasteiger partial charge >= 0.3 is 5.97 Å². The number of hydrogen-bond donors (Lipinski definition) is 1. The van der Waals surface area contributed by atoms with Crippen molar-refractivity contribution < 1.29 is 14.3 Å². The third-order valence-corrected chi connectivity index (χ3v) is 7.29.